The number of nitrogens with zero attached hydrogens (tertiary/aromatic N) is 4. The average Bonchev–Trinajstić information content (AvgIpc) is 3.27. The Labute approximate surface area is 184 Å². The number of para-hydroxylation sites is 1. The van der Waals surface area contributed by atoms with E-state index in [2.05, 4.69) is 5.10 Å². The fourth-order valence-electron chi connectivity index (χ4n) is 4.14. The third kappa shape index (κ3) is 3.30. The highest BCUT2D eigenvalue weighted by atomic mass is 35.5. The second kappa shape index (κ2) is 7.71. The summed E-state index contributed by atoms with van der Waals surface area (Å²) in [5.74, 6) is 0.508. The minimum absolute atomic E-state index is 0.0250. The molecule has 156 valence electrons. The number of carbonyl (C=O) groups is 2. The normalized spacial score (nSPS) is 17.4. The van der Waals surface area contributed by atoms with Crippen LogP contribution in [0.25, 0.3) is 15.9 Å². The lowest BCUT2D eigenvalue weighted by Crippen LogP contribution is -2.52. The van der Waals surface area contributed by atoms with Crippen molar-refractivity contribution in [2.24, 2.45) is 5.92 Å². The number of amides is 2. The molecule has 0 atom stereocenters. The molecule has 5 rings (SSSR count). The molecule has 1 aromatic carbocycles. The number of fused-ring (bicyclic) bond motifs is 1. The van der Waals surface area contributed by atoms with E-state index in [1.807, 2.05) is 51.7 Å². The van der Waals surface area contributed by atoms with Crippen LogP contribution in [0, 0.1) is 12.8 Å². The van der Waals surface area contributed by atoms with Crippen LogP contribution in [0.1, 0.15) is 34.6 Å². The van der Waals surface area contributed by atoms with Gasteiger partial charge in [0.25, 0.3) is 5.91 Å². The number of aromatic nitrogens is 2. The number of hydrogen-bond donors (Lipinski definition) is 0. The van der Waals surface area contributed by atoms with Crippen LogP contribution in [-0.2, 0) is 4.79 Å². The molecule has 2 aromatic heterocycles. The van der Waals surface area contributed by atoms with Gasteiger partial charge in [0.2, 0.25) is 5.91 Å². The molecule has 0 N–H and O–H groups in total. The second-order valence-electron chi connectivity index (χ2n) is 8.02. The van der Waals surface area contributed by atoms with Gasteiger partial charge in [-0.2, -0.15) is 5.10 Å². The molecule has 0 unspecified atom stereocenters. The smallest absolute Gasteiger partial charge is 0.264 e. The highest BCUT2D eigenvalue weighted by Crippen LogP contribution is 2.33. The molecule has 0 radical (unpaired) electrons. The minimum Gasteiger partial charge on any atom is -0.339 e. The van der Waals surface area contributed by atoms with Crippen molar-refractivity contribution in [2.75, 3.05) is 26.2 Å². The predicted octanol–water partition coefficient (Wildman–Crippen LogP) is 4.13. The van der Waals surface area contributed by atoms with Crippen LogP contribution < -0.4 is 0 Å². The van der Waals surface area contributed by atoms with Gasteiger partial charge in [0.15, 0.2) is 0 Å². The maximum Gasteiger partial charge on any atom is 0.264 e. The van der Waals surface area contributed by atoms with Gasteiger partial charge in [-0.25, -0.2) is 4.68 Å². The third-order valence-electron chi connectivity index (χ3n) is 6.17. The molecule has 6 nitrogen and oxygen atoms in total. The van der Waals surface area contributed by atoms with Gasteiger partial charge >= 0.3 is 0 Å². The monoisotopic (exact) mass is 442 g/mol. The molecule has 0 bridgehead atoms. The first-order valence-electron chi connectivity index (χ1n) is 10.3. The lowest BCUT2D eigenvalue weighted by Gasteiger charge is -2.38. The van der Waals surface area contributed by atoms with E-state index in [1.54, 1.807) is 0 Å². The van der Waals surface area contributed by atoms with E-state index in [-0.39, 0.29) is 17.7 Å². The zero-order chi connectivity index (χ0) is 20.8. The van der Waals surface area contributed by atoms with E-state index in [0.717, 1.165) is 40.9 Å². The first-order chi connectivity index (χ1) is 14.5. The summed E-state index contributed by atoms with van der Waals surface area (Å²) in [6.45, 7) is 4.36. The number of carbonyl (C=O) groups excluding carboxylic acids is 2. The van der Waals surface area contributed by atoms with Gasteiger partial charge in [0, 0.05) is 37.5 Å². The van der Waals surface area contributed by atoms with Gasteiger partial charge in [0.1, 0.15) is 4.83 Å². The number of rotatable bonds is 3. The Morgan fingerprint density at radius 2 is 1.80 bits per heavy atom. The number of aryl methyl sites for hydroxylation is 1. The molecule has 3 heterocycles. The molecule has 2 aliphatic rings. The highest BCUT2D eigenvalue weighted by molar-refractivity contribution is 7.20. The number of benzene rings is 1. The third-order valence-corrected chi connectivity index (χ3v) is 7.59. The molecule has 3 aromatic rings. The van der Waals surface area contributed by atoms with Gasteiger partial charge in [0.05, 0.1) is 21.3 Å². The lowest BCUT2D eigenvalue weighted by molar-refractivity contribution is -0.139. The van der Waals surface area contributed by atoms with Crippen LogP contribution in [-0.4, -0.2) is 57.6 Å². The fraction of sp³-hybridized carbons (Fsp3) is 0.409. The van der Waals surface area contributed by atoms with Crippen molar-refractivity contribution < 1.29 is 9.59 Å². The van der Waals surface area contributed by atoms with E-state index < -0.39 is 0 Å². The number of piperazine rings is 1. The molecule has 1 saturated carbocycles. The quantitative estimate of drug-likeness (QED) is 0.612. The summed E-state index contributed by atoms with van der Waals surface area (Å²) in [6.07, 6.45) is 3.19. The van der Waals surface area contributed by atoms with Crippen LogP contribution in [0.15, 0.2) is 30.3 Å². The molecular weight excluding hydrogens is 420 g/mol. The molecule has 1 aliphatic carbocycles. The maximum absolute atomic E-state index is 13.1. The molecule has 1 aliphatic heterocycles. The second-order valence-corrected chi connectivity index (χ2v) is 9.46. The predicted molar refractivity (Wildman–Crippen MR) is 119 cm³/mol. The summed E-state index contributed by atoms with van der Waals surface area (Å²) in [6, 6.07) is 9.51. The molecule has 30 heavy (non-hydrogen) atoms. The van der Waals surface area contributed by atoms with Crippen LogP contribution in [0.2, 0.25) is 5.02 Å². The van der Waals surface area contributed by atoms with Crippen molar-refractivity contribution in [2.45, 2.75) is 26.2 Å². The van der Waals surface area contributed by atoms with E-state index in [0.29, 0.717) is 36.1 Å². The number of hydrogen-bond acceptors (Lipinski definition) is 4. The Bertz CT molecular complexity index is 1130. The van der Waals surface area contributed by atoms with Gasteiger partial charge in [-0.05, 0) is 38.0 Å². The van der Waals surface area contributed by atoms with E-state index in [9.17, 15) is 9.59 Å². The molecule has 2 fully saturated rings. The van der Waals surface area contributed by atoms with Crippen LogP contribution >= 0.6 is 22.9 Å². The SMILES string of the molecule is Cc1nn(-c2ccccc2Cl)c2sc(C(=O)N3CCN(C(=O)C4CCC4)CC3)cc12. The first-order valence-corrected chi connectivity index (χ1v) is 11.5. The average molecular weight is 443 g/mol. The van der Waals surface area contributed by atoms with E-state index >= 15 is 0 Å². The summed E-state index contributed by atoms with van der Waals surface area (Å²) in [7, 11) is 0. The standard InChI is InChI=1S/C22H23ClN4O2S/c1-14-16-13-19(30-22(16)27(24-14)18-8-3-2-7-17(18)23)21(29)26-11-9-25(10-12-26)20(28)15-5-4-6-15/h2-3,7-8,13,15H,4-6,9-12H2,1H3. The number of halogens is 1. The molecule has 8 heteroatoms. The van der Waals surface area contributed by atoms with Crippen LogP contribution in [0.5, 0.6) is 0 Å². The van der Waals surface area contributed by atoms with Crippen molar-refractivity contribution in [3.8, 4) is 5.69 Å². The van der Waals surface area contributed by atoms with Gasteiger partial charge < -0.3 is 9.80 Å². The fourth-order valence-corrected chi connectivity index (χ4v) is 5.50. The van der Waals surface area contributed by atoms with E-state index in [4.69, 9.17) is 11.6 Å². The Balaban J connectivity index is 1.35. The van der Waals surface area contributed by atoms with Gasteiger partial charge in [-0.1, -0.05) is 30.2 Å². The first kappa shape index (κ1) is 19.6. The van der Waals surface area contributed by atoms with Crippen molar-refractivity contribution in [1.82, 2.24) is 19.6 Å². The molecular formula is C22H23ClN4O2S. The summed E-state index contributed by atoms with van der Waals surface area (Å²) in [4.78, 5) is 31.0. The Kier molecular flexibility index (Phi) is 5.03. The Morgan fingerprint density at radius 1 is 1.10 bits per heavy atom. The molecule has 2 amide bonds. The van der Waals surface area contributed by atoms with Gasteiger partial charge in [-0.3, -0.25) is 9.59 Å². The molecule has 0 spiro atoms. The zero-order valence-electron chi connectivity index (χ0n) is 16.8. The van der Waals surface area contributed by atoms with Crippen LogP contribution in [0.4, 0.5) is 0 Å². The topological polar surface area (TPSA) is 58.4 Å². The van der Waals surface area contributed by atoms with E-state index in [1.165, 1.54) is 11.3 Å². The largest absolute Gasteiger partial charge is 0.339 e. The maximum atomic E-state index is 13.1. The zero-order valence-corrected chi connectivity index (χ0v) is 18.4. The minimum atomic E-state index is 0.0250. The van der Waals surface area contributed by atoms with Crippen molar-refractivity contribution >= 4 is 45.0 Å². The summed E-state index contributed by atoms with van der Waals surface area (Å²) < 4.78 is 1.82. The lowest BCUT2D eigenvalue weighted by atomic mass is 9.84. The highest BCUT2D eigenvalue weighted by Gasteiger charge is 2.32. The van der Waals surface area contributed by atoms with Gasteiger partial charge in [-0.15, -0.1) is 11.3 Å². The summed E-state index contributed by atoms with van der Waals surface area (Å²) in [5.41, 5.74) is 1.68. The van der Waals surface area contributed by atoms with Crippen molar-refractivity contribution in [3.05, 3.63) is 45.9 Å². The summed E-state index contributed by atoms with van der Waals surface area (Å²) >= 11 is 7.82. The summed E-state index contributed by atoms with van der Waals surface area (Å²) in [5, 5.41) is 6.22. The molecule has 1 saturated heterocycles. The van der Waals surface area contributed by atoms with Crippen molar-refractivity contribution in [1.29, 1.82) is 0 Å². The van der Waals surface area contributed by atoms with Crippen molar-refractivity contribution in [3.63, 3.8) is 0 Å². The Morgan fingerprint density at radius 3 is 2.47 bits per heavy atom. The Hall–Kier alpha value is -2.38. The number of thiophene rings is 1. The van der Waals surface area contributed by atoms with Crippen LogP contribution in [0.3, 0.4) is 0 Å².